The highest BCUT2D eigenvalue weighted by Crippen LogP contribution is 2.28. The van der Waals surface area contributed by atoms with Gasteiger partial charge in [0.05, 0.1) is 5.69 Å². The Morgan fingerprint density at radius 3 is 2.47 bits per heavy atom. The number of piperazine rings is 1. The van der Waals surface area contributed by atoms with Crippen LogP contribution in [0.4, 0.5) is 11.6 Å². The van der Waals surface area contributed by atoms with E-state index in [1.165, 1.54) is 43.6 Å². The topological polar surface area (TPSA) is 69.5 Å². The van der Waals surface area contributed by atoms with Gasteiger partial charge in [-0.3, -0.25) is 19.2 Å². The molecule has 188 valence electrons. The van der Waals surface area contributed by atoms with E-state index in [2.05, 4.69) is 49.3 Å². The highest BCUT2D eigenvalue weighted by molar-refractivity contribution is 5.59. The number of likely N-dealkylation sites (tertiary alicyclic amines) is 1. The number of hydrogen-bond donors (Lipinski definition) is 1. The Morgan fingerprint density at radius 1 is 0.917 bits per heavy atom. The number of pyridine rings is 1. The lowest BCUT2D eigenvalue weighted by Crippen LogP contribution is -2.47. The van der Waals surface area contributed by atoms with Crippen LogP contribution in [0.15, 0.2) is 59.7 Å². The minimum absolute atomic E-state index is 0.0518. The molecule has 6 rings (SSSR count). The fourth-order valence-electron chi connectivity index (χ4n) is 5.93. The minimum Gasteiger partial charge on any atom is -0.370 e. The highest BCUT2D eigenvalue weighted by Gasteiger charge is 2.30. The Hall–Kier alpha value is -3.23. The van der Waals surface area contributed by atoms with Gasteiger partial charge in [0, 0.05) is 81.6 Å². The van der Waals surface area contributed by atoms with Crippen LogP contribution in [0, 0.1) is 0 Å². The van der Waals surface area contributed by atoms with E-state index in [1.807, 2.05) is 12.1 Å². The number of aromatic nitrogens is 3. The van der Waals surface area contributed by atoms with Crippen molar-refractivity contribution in [3.63, 3.8) is 0 Å². The molecule has 0 aliphatic carbocycles. The molecule has 0 saturated carbocycles. The molecule has 2 unspecified atom stereocenters. The van der Waals surface area contributed by atoms with E-state index in [9.17, 15) is 4.79 Å². The number of hydrogen-bond acceptors (Lipinski definition) is 7. The van der Waals surface area contributed by atoms with Crippen LogP contribution in [0.1, 0.15) is 30.9 Å². The van der Waals surface area contributed by atoms with Gasteiger partial charge in [-0.1, -0.05) is 12.1 Å². The lowest BCUT2D eigenvalue weighted by atomic mass is 10.0. The van der Waals surface area contributed by atoms with Gasteiger partial charge in [0.2, 0.25) is 5.95 Å². The SMILES string of the molecule is Cn1c(N2CCNC(c3ccc(N4CCC(N5CCCC5)C4)cc3)C2)nc(-c2ccncc2)cc1=O. The lowest BCUT2D eigenvalue weighted by molar-refractivity contribution is 0.260. The van der Waals surface area contributed by atoms with Crippen molar-refractivity contribution in [2.24, 2.45) is 7.05 Å². The van der Waals surface area contributed by atoms with Gasteiger partial charge in [0.15, 0.2) is 0 Å². The fraction of sp³-hybridized carbons (Fsp3) is 0.464. The van der Waals surface area contributed by atoms with Gasteiger partial charge < -0.3 is 15.1 Å². The van der Waals surface area contributed by atoms with Gasteiger partial charge in [0.25, 0.3) is 5.56 Å². The van der Waals surface area contributed by atoms with Crippen LogP contribution in [-0.2, 0) is 7.05 Å². The molecule has 0 amide bonds. The van der Waals surface area contributed by atoms with Crippen molar-refractivity contribution in [2.75, 3.05) is 55.6 Å². The summed E-state index contributed by atoms with van der Waals surface area (Å²) in [4.78, 5) is 29.2. The monoisotopic (exact) mass is 485 g/mol. The zero-order chi connectivity index (χ0) is 24.5. The summed E-state index contributed by atoms with van der Waals surface area (Å²) in [5.74, 6) is 0.711. The first-order valence-electron chi connectivity index (χ1n) is 13.2. The van der Waals surface area contributed by atoms with E-state index in [0.717, 1.165) is 38.3 Å². The molecule has 0 spiro atoms. The van der Waals surface area contributed by atoms with Crippen LogP contribution in [0.3, 0.4) is 0 Å². The zero-order valence-electron chi connectivity index (χ0n) is 21.0. The predicted molar refractivity (Wildman–Crippen MR) is 144 cm³/mol. The Kier molecular flexibility index (Phi) is 6.46. The predicted octanol–water partition coefficient (Wildman–Crippen LogP) is 2.67. The number of nitrogens with zero attached hydrogens (tertiary/aromatic N) is 6. The molecule has 0 bridgehead atoms. The number of nitrogens with one attached hydrogen (secondary N) is 1. The molecule has 1 N–H and O–H groups in total. The molecule has 3 saturated heterocycles. The lowest BCUT2D eigenvalue weighted by Gasteiger charge is -2.35. The van der Waals surface area contributed by atoms with Gasteiger partial charge in [0.1, 0.15) is 0 Å². The maximum atomic E-state index is 12.8. The Bertz CT molecular complexity index is 1240. The van der Waals surface area contributed by atoms with Crippen molar-refractivity contribution < 1.29 is 0 Å². The maximum Gasteiger partial charge on any atom is 0.255 e. The molecule has 1 aromatic carbocycles. The van der Waals surface area contributed by atoms with Crippen molar-refractivity contribution in [2.45, 2.75) is 31.3 Å². The fourth-order valence-corrected chi connectivity index (χ4v) is 5.93. The molecular formula is C28H35N7O. The molecule has 3 fully saturated rings. The first kappa shape index (κ1) is 23.2. The van der Waals surface area contributed by atoms with Crippen molar-refractivity contribution in [3.8, 4) is 11.3 Å². The smallest absolute Gasteiger partial charge is 0.255 e. The summed E-state index contributed by atoms with van der Waals surface area (Å²) in [7, 11) is 1.80. The minimum atomic E-state index is -0.0518. The molecule has 2 atom stereocenters. The van der Waals surface area contributed by atoms with E-state index in [1.54, 1.807) is 30.1 Å². The second kappa shape index (κ2) is 10.0. The van der Waals surface area contributed by atoms with Crippen LogP contribution in [0.5, 0.6) is 0 Å². The van der Waals surface area contributed by atoms with Gasteiger partial charge >= 0.3 is 0 Å². The molecule has 36 heavy (non-hydrogen) atoms. The average molecular weight is 486 g/mol. The Balaban J connectivity index is 1.17. The molecule has 0 radical (unpaired) electrons. The standard InChI is InChI=1S/C28H35N7O/c1-32-27(36)18-25(22-8-11-29-12-9-22)31-28(32)35-17-13-30-26(20-35)21-4-6-23(7-5-21)34-16-10-24(19-34)33-14-2-3-15-33/h4-9,11-12,18,24,26,30H,2-3,10,13-17,19-20H2,1H3. The van der Waals surface area contributed by atoms with Gasteiger partial charge in [-0.15, -0.1) is 0 Å². The van der Waals surface area contributed by atoms with Crippen molar-refractivity contribution in [1.29, 1.82) is 0 Å². The van der Waals surface area contributed by atoms with E-state index in [0.29, 0.717) is 17.7 Å². The zero-order valence-corrected chi connectivity index (χ0v) is 21.0. The van der Waals surface area contributed by atoms with E-state index in [4.69, 9.17) is 4.98 Å². The summed E-state index contributed by atoms with van der Waals surface area (Å²) in [6, 6.07) is 15.4. The highest BCUT2D eigenvalue weighted by atomic mass is 16.1. The summed E-state index contributed by atoms with van der Waals surface area (Å²) >= 11 is 0. The number of anilines is 2. The summed E-state index contributed by atoms with van der Waals surface area (Å²) in [5.41, 5.74) is 4.13. The van der Waals surface area contributed by atoms with Crippen molar-refractivity contribution in [1.82, 2.24) is 24.8 Å². The second-order valence-electron chi connectivity index (χ2n) is 10.3. The molecule has 8 nitrogen and oxygen atoms in total. The van der Waals surface area contributed by atoms with Crippen molar-refractivity contribution >= 4 is 11.6 Å². The second-order valence-corrected chi connectivity index (χ2v) is 10.3. The van der Waals surface area contributed by atoms with Crippen LogP contribution >= 0.6 is 0 Å². The summed E-state index contributed by atoms with van der Waals surface area (Å²) < 4.78 is 1.65. The molecule has 3 aliphatic heterocycles. The first-order valence-corrected chi connectivity index (χ1v) is 13.2. The van der Waals surface area contributed by atoms with Crippen LogP contribution in [-0.4, -0.2) is 71.3 Å². The first-order chi connectivity index (χ1) is 17.7. The average Bonchev–Trinajstić information content (AvgIpc) is 3.64. The third-order valence-corrected chi connectivity index (χ3v) is 8.03. The van der Waals surface area contributed by atoms with E-state index < -0.39 is 0 Å². The number of benzene rings is 1. The normalized spacial score (nSPS) is 22.9. The summed E-state index contributed by atoms with van der Waals surface area (Å²) in [5, 5.41) is 3.66. The van der Waals surface area contributed by atoms with E-state index >= 15 is 0 Å². The Labute approximate surface area is 212 Å². The molecule has 5 heterocycles. The van der Waals surface area contributed by atoms with Gasteiger partial charge in [-0.2, -0.15) is 0 Å². The molecule has 8 heteroatoms. The summed E-state index contributed by atoms with van der Waals surface area (Å²) in [6.07, 6.45) is 7.44. The quantitative estimate of drug-likeness (QED) is 0.596. The Morgan fingerprint density at radius 2 is 1.69 bits per heavy atom. The van der Waals surface area contributed by atoms with Crippen LogP contribution in [0.25, 0.3) is 11.3 Å². The number of rotatable bonds is 5. The molecule has 2 aromatic heterocycles. The van der Waals surface area contributed by atoms with Gasteiger partial charge in [-0.05, 0) is 62.2 Å². The molecule has 3 aromatic rings. The van der Waals surface area contributed by atoms with Gasteiger partial charge in [-0.25, -0.2) is 4.98 Å². The molecule has 3 aliphatic rings. The third kappa shape index (κ3) is 4.63. The van der Waals surface area contributed by atoms with Crippen LogP contribution in [0.2, 0.25) is 0 Å². The third-order valence-electron chi connectivity index (χ3n) is 8.03. The van der Waals surface area contributed by atoms with Crippen molar-refractivity contribution in [3.05, 3.63) is 70.8 Å². The summed E-state index contributed by atoms with van der Waals surface area (Å²) in [6.45, 7) is 7.23. The van der Waals surface area contributed by atoms with E-state index in [-0.39, 0.29) is 11.6 Å². The van der Waals surface area contributed by atoms with Crippen LogP contribution < -0.4 is 20.7 Å². The maximum absolute atomic E-state index is 12.8. The molecular weight excluding hydrogens is 450 g/mol. The largest absolute Gasteiger partial charge is 0.370 e.